The topological polar surface area (TPSA) is 60.2 Å². The highest BCUT2D eigenvalue weighted by molar-refractivity contribution is 7.85. The SMILES string of the molecule is NC(=O)CCS(=O)C(c1ccccc1)c1ccsc1. The molecule has 19 heavy (non-hydrogen) atoms. The van der Waals surface area contributed by atoms with Crippen molar-refractivity contribution < 1.29 is 9.00 Å². The third-order valence-corrected chi connectivity index (χ3v) is 5.14. The van der Waals surface area contributed by atoms with Crippen LogP contribution in [0.3, 0.4) is 0 Å². The molecule has 0 fully saturated rings. The number of carbonyl (C=O) groups excluding carboxylic acids is 1. The zero-order chi connectivity index (χ0) is 13.7. The van der Waals surface area contributed by atoms with Crippen molar-refractivity contribution in [2.24, 2.45) is 5.73 Å². The van der Waals surface area contributed by atoms with Gasteiger partial charge in [0.05, 0.1) is 5.25 Å². The van der Waals surface area contributed by atoms with E-state index in [1.165, 1.54) is 0 Å². The molecule has 100 valence electrons. The minimum atomic E-state index is -1.15. The number of carbonyl (C=O) groups is 1. The van der Waals surface area contributed by atoms with Crippen LogP contribution in [0.15, 0.2) is 47.2 Å². The van der Waals surface area contributed by atoms with E-state index in [1.54, 1.807) is 11.3 Å². The summed E-state index contributed by atoms with van der Waals surface area (Å²) < 4.78 is 12.5. The second-order valence-corrected chi connectivity index (χ2v) is 6.57. The molecule has 2 N–H and O–H groups in total. The van der Waals surface area contributed by atoms with Gasteiger partial charge < -0.3 is 5.73 Å². The summed E-state index contributed by atoms with van der Waals surface area (Å²) in [6, 6.07) is 11.7. The molecule has 1 aromatic heterocycles. The molecule has 2 rings (SSSR count). The number of nitrogens with two attached hydrogens (primary N) is 1. The lowest BCUT2D eigenvalue weighted by Crippen LogP contribution is -2.17. The number of primary amides is 1. The zero-order valence-electron chi connectivity index (χ0n) is 10.3. The first-order valence-corrected chi connectivity index (χ1v) is 8.23. The van der Waals surface area contributed by atoms with E-state index in [2.05, 4.69) is 0 Å². The molecule has 2 unspecified atom stereocenters. The van der Waals surface area contributed by atoms with Crippen LogP contribution in [0, 0.1) is 0 Å². The largest absolute Gasteiger partial charge is 0.370 e. The van der Waals surface area contributed by atoms with Gasteiger partial charge >= 0.3 is 0 Å². The van der Waals surface area contributed by atoms with Gasteiger partial charge in [-0.2, -0.15) is 11.3 Å². The normalized spacial score (nSPS) is 13.9. The minimum Gasteiger partial charge on any atom is -0.370 e. The molecule has 0 bridgehead atoms. The summed E-state index contributed by atoms with van der Waals surface area (Å²) in [5.41, 5.74) is 7.16. The summed E-state index contributed by atoms with van der Waals surface area (Å²) in [4.78, 5) is 10.8. The molecule has 0 aliphatic heterocycles. The van der Waals surface area contributed by atoms with Gasteiger partial charge in [0.25, 0.3) is 0 Å². The highest BCUT2D eigenvalue weighted by Crippen LogP contribution is 2.30. The average Bonchev–Trinajstić information content (AvgIpc) is 2.92. The first-order chi connectivity index (χ1) is 9.18. The fraction of sp³-hybridized carbons (Fsp3) is 0.214. The van der Waals surface area contributed by atoms with Crippen LogP contribution in [0.5, 0.6) is 0 Å². The van der Waals surface area contributed by atoms with Crippen LogP contribution in [-0.2, 0) is 15.6 Å². The zero-order valence-corrected chi connectivity index (χ0v) is 12.0. The van der Waals surface area contributed by atoms with Gasteiger partial charge in [-0.25, -0.2) is 0 Å². The Morgan fingerprint density at radius 1 is 1.21 bits per heavy atom. The van der Waals surface area contributed by atoms with Crippen LogP contribution >= 0.6 is 11.3 Å². The Morgan fingerprint density at radius 2 is 1.95 bits per heavy atom. The summed E-state index contributed by atoms with van der Waals surface area (Å²) in [7, 11) is -1.15. The van der Waals surface area contributed by atoms with Gasteiger partial charge in [0.1, 0.15) is 0 Å². The quantitative estimate of drug-likeness (QED) is 0.889. The van der Waals surface area contributed by atoms with Crippen molar-refractivity contribution in [3.63, 3.8) is 0 Å². The van der Waals surface area contributed by atoms with E-state index in [9.17, 15) is 9.00 Å². The van der Waals surface area contributed by atoms with Crippen molar-refractivity contribution in [2.75, 3.05) is 5.75 Å². The fourth-order valence-electron chi connectivity index (χ4n) is 1.87. The van der Waals surface area contributed by atoms with E-state index >= 15 is 0 Å². The van der Waals surface area contributed by atoms with Crippen LogP contribution in [-0.4, -0.2) is 15.9 Å². The van der Waals surface area contributed by atoms with Gasteiger partial charge in [-0.15, -0.1) is 0 Å². The van der Waals surface area contributed by atoms with Gasteiger partial charge in [-0.3, -0.25) is 9.00 Å². The summed E-state index contributed by atoms with van der Waals surface area (Å²) in [6.07, 6.45) is 0.153. The van der Waals surface area contributed by atoms with E-state index in [4.69, 9.17) is 5.73 Å². The summed E-state index contributed by atoms with van der Waals surface area (Å²) in [6.45, 7) is 0. The Morgan fingerprint density at radius 3 is 2.53 bits per heavy atom. The second-order valence-electron chi connectivity index (χ2n) is 4.15. The maximum Gasteiger partial charge on any atom is 0.218 e. The molecule has 1 aromatic carbocycles. The van der Waals surface area contributed by atoms with Crippen LogP contribution in [0.2, 0.25) is 0 Å². The average molecular weight is 293 g/mol. The maximum absolute atomic E-state index is 12.5. The minimum absolute atomic E-state index is 0.153. The van der Waals surface area contributed by atoms with Crippen LogP contribution in [0.1, 0.15) is 22.8 Å². The summed E-state index contributed by atoms with van der Waals surface area (Å²) in [5, 5.41) is 3.78. The van der Waals surface area contributed by atoms with Gasteiger partial charge in [-0.05, 0) is 28.0 Å². The van der Waals surface area contributed by atoms with Gasteiger partial charge in [0, 0.05) is 23.0 Å². The Balaban J connectivity index is 2.25. The fourth-order valence-corrected chi connectivity index (χ4v) is 4.19. The van der Waals surface area contributed by atoms with Crippen LogP contribution in [0.25, 0.3) is 0 Å². The number of rotatable bonds is 6. The van der Waals surface area contributed by atoms with E-state index in [0.717, 1.165) is 11.1 Å². The molecule has 3 nitrogen and oxygen atoms in total. The number of thiophene rings is 1. The van der Waals surface area contributed by atoms with Crippen LogP contribution in [0.4, 0.5) is 0 Å². The molecule has 5 heteroatoms. The lowest BCUT2D eigenvalue weighted by molar-refractivity contribution is -0.117. The monoisotopic (exact) mass is 293 g/mol. The molecule has 0 radical (unpaired) electrons. The van der Waals surface area contributed by atoms with Crippen molar-refractivity contribution >= 4 is 28.0 Å². The molecule has 1 heterocycles. The van der Waals surface area contributed by atoms with E-state index in [1.807, 2.05) is 47.2 Å². The third-order valence-electron chi connectivity index (χ3n) is 2.76. The standard InChI is InChI=1S/C14H15NO2S2/c15-13(16)7-9-19(17)14(12-6-8-18-10-12)11-4-2-1-3-5-11/h1-6,8,10,14H,7,9H2,(H2,15,16). The molecule has 2 atom stereocenters. The number of benzene rings is 1. The Hall–Kier alpha value is -1.46. The van der Waals surface area contributed by atoms with Crippen molar-refractivity contribution in [3.8, 4) is 0 Å². The molecule has 0 saturated heterocycles. The first kappa shape index (κ1) is 14.0. The Bertz CT molecular complexity index is 552. The number of hydrogen-bond acceptors (Lipinski definition) is 3. The van der Waals surface area contributed by atoms with Crippen LogP contribution < -0.4 is 5.73 Å². The summed E-state index contributed by atoms with van der Waals surface area (Å²) >= 11 is 1.58. The summed E-state index contributed by atoms with van der Waals surface area (Å²) in [5.74, 6) is -0.115. The van der Waals surface area contributed by atoms with Crippen molar-refractivity contribution in [3.05, 3.63) is 58.3 Å². The lowest BCUT2D eigenvalue weighted by Gasteiger charge is -2.15. The molecule has 0 spiro atoms. The highest BCUT2D eigenvalue weighted by atomic mass is 32.2. The Kier molecular flexibility index (Phi) is 4.87. The molecule has 0 saturated carbocycles. The van der Waals surface area contributed by atoms with Crippen molar-refractivity contribution in [1.29, 1.82) is 0 Å². The predicted molar refractivity (Wildman–Crippen MR) is 79.4 cm³/mol. The van der Waals surface area contributed by atoms with Gasteiger partial charge in [0.2, 0.25) is 5.91 Å². The molecule has 0 aliphatic carbocycles. The second kappa shape index (κ2) is 6.63. The molecular weight excluding hydrogens is 278 g/mol. The van der Waals surface area contributed by atoms with E-state index in [0.29, 0.717) is 5.75 Å². The molecular formula is C14H15NO2S2. The van der Waals surface area contributed by atoms with Crippen molar-refractivity contribution in [1.82, 2.24) is 0 Å². The predicted octanol–water partition coefficient (Wildman–Crippen LogP) is 2.46. The first-order valence-electron chi connectivity index (χ1n) is 5.91. The Labute approximate surface area is 118 Å². The molecule has 2 aromatic rings. The highest BCUT2D eigenvalue weighted by Gasteiger charge is 2.21. The van der Waals surface area contributed by atoms with Gasteiger partial charge in [-0.1, -0.05) is 30.3 Å². The maximum atomic E-state index is 12.5. The molecule has 0 aliphatic rings. The lowest BCUT2D eigenvalue weighted by atomic mass is 10.1. The number of amides is 1. The van der Waals surface area contributed by atoms with Gasteiger partial charge in [0.15, 0.2) is 0 Å². The third kappa shape index (κ3) is 3.75. The molecule has 1 amide bonds. The number of hydrogen-bond donors (Lipinski definition) is 1. The van der Waals surface area contributed by atoms with Crippen molar-refractivity contribution in [2.45, 2.75) is 11.7 Å². The smallest absolute Gasteiger partial charge is 0.218 e. The van der Waals surface area contributed by atoms with E-state index in [-0.39, 0.29) is 11.7 Å². The van der Waals surface area contributed by atoms with E-state index < -0.39 is 16.7 Å².